The molecule has 1 fully saturated rings. The van der Waals surface area contributed by atoms with E-state index < -0.39 is 0 Å². The van der Waals surface area contributed by atoms with Crippen LogP contribution in [0, 0.1) is 0 Å². The van der Waals surface area contributed by atoms with E-state index in [4.69, 9.17) is 21.7 Å². The van der Waals surface area contributed by atoms with Gasteiger partial charge in [-0.1, -0.05) is 30.3 Å². The fourth-order valence-electron chi connectivity index (χ4n) is 2.69. The number of carbonyl (C=O) groups excluding carboxylic acids is 1. The molecule has 1 atom stereocenters. The van der Waals surface area contributed by atoms with E-state index in [1.807, 2.05) is 36.4 Å². The van der Waals surface area contributed by atoms with E-state index >= 15 is 0 Å². The van der Waals surface area contributed by atoms with Crippen molar-refractivity contribution < 1.29 is 14.3 Å². The molecule has 0 spiro atoms. The first-order chi connectivity index (χ1) is 12.1. The van der Waals surface area contributed by atoms with Crippen LogP contribution in [0.25, 0.3) is 10.8 Å². The predicted molar refractivity (Wildman–Crippen MR) is 105 cm³/mol. The smallest absolute Gasteiger partial charge is 0.264 e. The standard InChI is InChI=1S/C18H19BrN2O3S/c19-17-14-6-2-1-4-12(14)7-8-15(17)24-11-16(22)21-18(25)20-10-13-5-3-9-23-13/h1-2,4,6-8,13H,3,5,9-11H2,(H2,20,21,22,25). The number of benzene rings is 2. The van der Waals surface area contributed by atoms with Crippen molar-refractivity contribution >= 4 is 49.9 Å². The summed E-state index contributed by atoms with van der Waals surface area (Å²) >= 11 is 8.66. The van der Waals surface area contributed by atoms with Crippen molar-refractivity contribution in [3.05, 3.63) is 40.9 Å². The highest BCUT2D eigenvalue weighted by atomic mass is 79.9. The molecule has 0 aliphatic carbocycles. The van der Waals surface area contributed by atoms with Gasteiger partial charge in [0.1, 0.15) is 5.75 Å². The summed E-state index contributed by atoms with van der Waals surface area (Å²) < 4.78 is 11.9. The summed E-state index contributed by atoms with van der Waals surface area (Å²) in [5, 5.41) is 8.05. The average Bonchev–Trinajstić information content (AvgIpc) is 3.13. The molecule has 0 radical (unpaired) electrons. The molecule has 0 saturated carbocycles. The maximum atomic E-state index is 12.0. The highest BCUT2D eigenvalue weighted by Gasteiger charge is 2.16. The highest BCUT2D eigenvalue weighted by Crippen LogP contribution is 2.32. The van der Waals surface area contributed by atoms with Crippen molar-refractivity contribution in [3.63, 3.8) is 0 Å². The molecule has 1 saturated heterocycles. The molecule has 7 heteroatoms. The third-order valence-electron chi connectivity index (χ3n) is 3.95. The first-order valence-electron chi connectivity index (χ1n) is 8.13. The number of amides is 1. The number of rotatable bonds is 5. The van der Waals surface area contributed by atoms with Crippen molar-refractivity contribution in [1.82, 2.24) is 10.6 Å². The van der Waals surface area contributed by atoms with Crippen molar-refractivity contribution in [3.8, 4) is 5.75 Å². The Morgan fingerprint density at radius 3 is 2.96 bits per heavy atom. The average molecular weight is 423 g/mol. The molecule has 5 nitrogen and oxygen atoms in total. The molecule has 1 unspecified atom stereocenters. The number of nitrogens with one attached hydrogen (secondary N) is 2. The number of hydrogen-bond acceptors (Lipinski definition) is 4. The van der Waals surface area contributed by atoms with Crippen LogP contribution < -0.4 is 15.4 Å². The number of thiocarbonyl (C=S) groups is 1. The normalized spacial score (nSPS) is 16.6. The highest BCUT2D eigenvalue weighted by molar-refractivity contribution is 9.10. The van der Waals surface area contributed by atoms with E-state index in [0.717, 1.165) is 34.7 Å². The van der Waals surface area contributed by atoms with Gasteiger partial charge < -0.3 is 20.1 Å². The van der Waals surface area contributed by atoms with Crippen LogP contribution in [-0.2, 0) is 9.53 Å². The SMILES string of the molecule is O=C(COc1ccc2ccccc2c1Br)NC(=S)NCC1CCCO1. The molecular weight excluding hydrogens is 404 g/mol. The Balaban J connectivity index is 1.48. The lowest BCUT2D eigenvalue weighted by molar-refractivity contribution is -0.121. The van der Waals surface area contributed by atoms with Gasteiger partial charge in [-0.2, -0.15) is 0 Å². The number of carbonyl (C=O) groups is 1. The molecule has 3 rings (SSSR count). The van der Waals surface area contributed by atoms with Gasteiger partial charge in [-0.3, -0.25) is 4.79 Å². The molecule has 132 valence electrons. The molecule has 2 aromatic carbocycles. The Bertz CT molecular complexity index is 778. The van der Waals surface area contributed by atoms with Gasteiger partial charge >= 0.3 is 0 Å². The second-order valence-electron chi connectivity index (χ2n) is 5.78. The summed E-state index contributed by atoms with van der Waals surface area (Å²) in [5.41, 5.74) is 0. The molecular formula is C18H19BrN2O3S. The van der Waals surface area contributed by atoms with Crippen LogP contribution in [0.3, 0.4) is 0 Å². The van der Waals surface area contributed by atoms with Crippen LogP contribution in [0.4, 0.5) is 0 Å². The van der Waals surface area contributed by atoms with E-state index in [0.29, 0.717) is 17.4 Å². The van der Waals surface area contributed by atoms with Crippen LogP contribution in [-0.4, -0.2) is 36.9 Å². The number of hydrogen-bond donors (Lipinski definition) is 2. The molecule has 0 bridgehead atoms. The summed E-state index contributed by atoms with van der Waals surface area (Å²) in [5.74, 6) is 0.317. The first-order valence-corrected chi connectivity index (χ1v) is 9.33. The number of ether oxygens (including phenoxy) is 2. The van der Waals surface area contributed by atoms with Gasteiger partial charge in [0.25, 0.3) is 5.91 Å². The summed E-state index contributed by atoms with van der Waals surface area (Å²) in [6.45, 7) is 1.29. The van der Waals surface area contributed by atoms with Crippen LogP contribution in [0.15, 0.2) is 40.9 Å². The van der Waals surface area contributed by atoms with Gasteiger partial charge in [-0.15, -0.1) is 0 Å². The monoisotopic (exact) mass is 422 g/mol. The van der Waals surface area contributed by atoms with Gasteiger partial charge in [0.15, 0.2) is 11.7 Å². The lowest BCUT2D eigenvalue weighted by atomic mass is 10.1. The van der Waals surface area contributed by atoms with E-state index in [-0.39, 0.29) is 18.6 Å². The minimum atomic E-state index is -0.301. The second kappa shape index (κ2) is 8.60. The minimum Gasteiger partial charge on any atom is -0.483 e. The number of fused-ring (bicyclic) bond motifs is 1. The summed E-state index contributed by atoms with van der Waals surface area (Å²) in [7, 11) is 0. The van der Waals surface area contributed by atoms with Gasteiger partial charge in [0.2, 0.25) is 0 Å². The molecule has 2 N–H and O–H groups in total. The second-order valence-corrected chi connectivity index (χ2v) is 6.98. The lowest BCUT2D eigenvalue weighted by Gasteiger charge is -2.14. The lowest BCUT2D eigenvalue weighted by Crippen LogP contribution is -2.43. The van der Waals surface area contributed by atoms with E-state index in [1.54, 1.807) is 0 Å². The maximum absolute atomic E-state index is 12.0. The third-order valence-corrected chi connectivity index (χ3v) is 5.02. The fourth-order valence-corrected chi connectivity index (χ4v) is 3.49. The molecule has 1 aliphatic heterocycles. The van der Waals surface area contributed by atoms with Crippen LogP contribution in [0.5, 0.6) is 5.75 Å². The van der Waals surface area contributed by atoms with Crippen molar-refractivity contribution in [1.29, 1.82) is 0 Å². The molecule has 1 heterocycles. The zero-order chi connectivity index (χ0) is 17.6. The zero-order valence-corrected chi connectivity index (χ0v) is 16.0. The predicted octanol–water partition coefficient (Wildman–Crippen LogP) is 3.15. The Hall–Kier alpha value is -1.70. The Morgan fingerprint density at radius 2 is 2.16 bits per heavy atom. The van der Waals surface area contributed by atoms with Gasteiger partial charge in [-0.05, 0) is 57.8 Å². The van der Waals surface area contributed by atoms with Gasteiger partial charge in [-0.25, -0.2) is 0 Å². The van der Waals surface area contributed by atoms with Crippen molar-refractivity contribution in [2.45, 2.75) is 18.9 Å². The Labute approximate surface area is 160 Å². The van der Waals surface area contributed by atoms with Crippen molar-refractivity contribution in [2.24, 2.45) is 0 Å². The first kappa shape index (κ1) is 18.1. The quantitative estimate of drug-likeness (QED) is 0.724. The zero-order valence-electron chi connectivity index (χ0n) is 13.6. The Morgan fingerprint density at radius 1 is 1.32 bits per heavy atom. The van der Waals surface area contributed by atoms with Crippen molar-refractivity contribution in [2.75, 3.05) is 19.8 Å². The summed E-state index contributed by atoms with van der Waals surface area (Å²) in [6.07, 6.45) is 2.25. The largest absolute Gasteiger partial charge is 0.483 e. The topological polar surface area (TPSA) is 59.6 Å². The van der Waals surface area contributed by atoms with E-state index in [2.05, 4.69) is 26.6 Å². The Kier molecular flexibility index (Phi) is 6.23. The van der Waals surface area contributed by atoms with Gasteiger partial charge in [0, 0.05) is 13.2 Å². The fraction of sp³-hybridized carbons (Fsp3) is 0.333. The van der Waals surface area contributed by atoms with Gasteiger partial charge in [0.05, 0.1) is 10.6 Å². The van der Waals surface area contributed by atoms with Crippen LogP contribution in [0.1, 0.15) is 12.8 Å². The van der Waals surface area contributed by atoms with Crippen LogP contribution >= 0.6 is 28.1 Å². The minimum absolute atomic E-state index is 0.112. The molecule has 1 aliphatic rings. The summed E-state index contributed by atoms with van der Waals surface area (Å²) in [6, 6.07) is 11.8. The molecule has 0 aromatic heterocycles. The van der Waals surface area contributed by atoms with E-state index in [1.165, 1.54) is 0 Å². The third kappa shape index (κ3) is 4.90. The maximum Gasteiger partial charge on any atom is 0.264 e. The molecule has 1 amide bonds. The molecule has 25 heavy (non-hydrogen) atoms. The summed E-state index contributed by atoms with van der Waals surface area (Å²) in [4.78, 5) is 12.0. The van der Waals surface area contributed by atoms with Crippen LogP contribution in [0.2, 0.25) is 0 Å². The van der Waals surface area contributed by atoms with E-state index in [9.17, 15) is 4.79 Å². The molecule has 2 aromatic rings. The number of halogens is 1.